The predicted octanol–water partition coefficient (Wildman–Crippen LogP) is 1.91. The maximum absolute atomic E-state index is 13.7. The summed E-state index contributed by atoms with van der Waals surface area (Å²) in [4.78, 5) is 11.6. The summed E-state index contributed by atoms with van der Waals surface area (Å²) in [5.41, 5.74) is 0. The number of hydrogen-bond donors (Lipinski definition) is 1. The Labute approximate surface area is 131 Å². The maximum atomic E-state index is 13.7. The molecule has 0 aliphatic rings. The van der Waals surface area contributed by atoms with E-state index in [0.29, 0.717) is 11.6 Å². The number of aromatic nitrogens is 4. The zero-order valence-electron chi connectivity index (χ0n) is 12.0. The molecular formula is C14H12FN5O2S. The first-order chi connectivity index (χ1) is 11.0. The molecule has 0 spiro atoms. The van der Waals surface area contributed by atoms with Gasteiger partial charge >= 0.3 is 0 Å². The van der Waals surface area contributed by atoms with Gasteiger partial charge in [0.2, 0.25) is 0 Å². The van der Waals surface area contributed by atoms with Crippen LogP contribution >= 0.6 is 0 Å². The second-order valence-corrected chi connectivity index (χ2v) is 6.29. The predicted molar refractivity (Wildman–Crippen MR) is 81.1 cm³/mol. The number of hydrogen-bond acceptors (Lipinski definition) is 5. The second-order valence-electron chi connectivity index (χ2n) is 4.64. The Balaban J connectivity index is 1.95. The van der Waals surface area contributed by atoms with E-state index in [1.165, 1.54) is 30.6 Å². The molecule has 0 unspecified atom stereocenters. The number of anilines is 1. The number of halogens is 1. The number of benzene rings is 1. The molecule has 0 aliphatic carbocycles. The van der Waals surface area contributed by atoms with E-state index >= 15 is 0 Å². The fourth-order valence-corrected chi connectivity index (χ4v) is 3.09. The molecule has 9 heteroatoms. The fraction of sp³-hybridized carbons (Fsp3) is 0.0714. The van der Waals surface area contributed by atoms with E-state index in [0.717, 1.165) is 6.07 Å². The van der Waals surface area contributed by atoms with Gasteiger partial charge < -0.3 is 0 Å². The van der Waals surface area contributed by atoms with Crippen LogP contribution in [0.2, 0.25) is 0 Å². The lowest BCUT2D eigenvalue weighted by molar-refractivity contribution is 0.570. The van der Waals surface area contributed by atoms with E-state index in [1.807, 2.05) is 0 Å². The van der Waals surface area contributed by atoms with Crippen LogP contribution in [0.3, 0.4) is 0 Å². The lowest BCUT2D eigenvalue weighted by Gasteiger charge is -2.09. The van der Waals surface area contributed by atoms with Crippen molar-refractivity contribution < 1.29 is 12.8 Å². The van der Waals surface area contributed by atoms with E-state index in [-0.39, 0.29) is 5.82 Å². The third-order valence-electron chi connectivity index (χ3n) is 3.09. The molecular weight excluding hydrogens is 321 g/mol. The van der Waals surface area contributed by atoms with Crippen LogP contribution in [0.15, 0.2) is 53.9 Å². The lowest BCUT2D eigenvalue weighted by Crippen LogP contribution is -2.16. The summed E-state index contributed by atoms with van der Waals surface area (Å²) in [6.45, 7) is 1.78. The van der Waals surface area contributed by atoms with Crippen molar-refractivity contribution in [1.82, 2.24) is 19.5 Å². The number of nitrogens with zero attached hydrogens (tertiary/aromatic N) is 4. The highest BCUT2D eigenvalue weighted by Gasteiger charge is 2.19. The van der Waals surface area contributed by atoms with Crippen molar-refractivity contribution in [1.29, 1.82) is 0 Å². The number of aryl methyl sites for hydroxylation is 1. The Bertz CT molecular complexity index is 955. The first-order valence-electron chi connectivity index (χ1n) is 6.57. The normalized spacial score (nSPS) is 11.4. The van der Waals surface area contributed by atoms with Gasteiger partial charge in [-0.25, -0.2) is 27.8 Å². The Morgan fingerprint density at radius 1 is 1.17 bits per heavy atom. The Morgan fingerprint density at radius 2 is 1.96 bits per heavy atom. The molecule has 3 aromatic rings. The monoisotopic (exact) mass is 333 g/mol. The summed E-state index contributed by atoms with van der Waals surface area (Å²) in [5.74, 6) is 0.332. The van der Waals surface area contributed by atoms with Crippen molar-refractivity contribution in [2.75, 3.05) is 4.72 Å². The summed E-state index contributed by atoms with van der Waals surface area (Å²) >= 11 is 0. The zero-order valence-corrected chi connectivity index (χ0v) is 12.8. The molecule has 2 heterocycles. The van der Waals surface area contributed by atoms with E-state index in [4.69, 9.17) is 0 Å². The van der Waals surface area contributed by atoms with E-state index in [2.05, 4.69) is 19.7 Å². The third kappa shape index (κ3) is 3.04. The first-order valence-corrected chi connectivity index (χ1v) is 8.05. The van der Waals surface area contributed by atoms with Gasteiger partial charge in [0.1, 0.15) is 34.5 Å². The molecule has 0 radical (unpaired) electrons. The minimum atomic E-state index is -4.08. The zero-order chi connectivity index (χ0) is 16.4. The van der Waals surface area contributed by atoms with Gasteiger partial charge in [0, 0.05) is 18.5 Å². The quantitative estimate of drug-likeness (QED) is 0.788. The summed E-state index contributed by atoms with van der Waals surface area (Å²) in [5, 5.41) is 0. The molecule has 0 fully saturated rings. The SMILES string of the molecule is Cc1nccn1-c1cc(NS(=O)(=O)c2ccccc2F)ncn1. The third-order valence-corrected chi connectivity index (χ3v) is 4.48. The van der Waals surface area contributed by atoms with E-state index in [9.17, 15) is 12.8 Å². The topological polar surface area (TPSA) is 89.8 Å². The minimum Gasteiger partial charge on any atom is -0.288 e. The smallest absolute Gasteiger partial charge is 0.265 e. The number of rotatable bonds is 4. The highest BCUT2D eigenvalue weighted by Crippen LogP contribution is 2.18. The van der Waals surface area contributed by atoms with Gasteiger partial charge in [-0.15, -0.1) is 0 Å². The summed E-state index contributed by atoms with van der Waals surface area (Å²) < 4.78 is 42.1. The highest BCUT2D eigenvalue weighted by atomic mass is 32.2. The summed E-state index contributed by atoms with van der Waals surface area (Å²) in [6.07, 6.45) is 4.50. The maximum Gasteiger partial charge on any atom is 0.265 e. The molecule has 7 nitrogen and oxygen atoms in total. The molecule has 1 N–H and O–H groups in total. The molecule has 0 aliphatic heterocycles. The Morgan fingerprint density at radius 3 is 2.65 bits per heavy atom. The van der Waals surface area contributed by atoms with Gasteiger partial charge in [-0.2, -0.15) is 0 Å². The molecule has 2 aromatic heterocycles. The van der Waals surface area contributed by atoms with Crippen LogP contribution in [0.4, 0.5) is 10.2 Å². The van der Waals surface area contributed by atoms with Crippen LogP contribution in [0, 0.1) is 12.7 Å². The van der Waals surface area contributed by atoms with Crippen molar-refractivity contribution in [3.05, 3.63) is 60.7 Å². The standard InChI is InChI=1S/C14H12FN5O2S/c1-10-16-6-7-20(10)14-8-13(17-9-18-14)19-23(21,22)12-5-3-2-4-11(12)15/h2-9H,1H3,(H,17,18,19). The number of sulfonamides is 1. The van der Waals surface area contributed by atoms with Crippen LogP contribution in [-0.4, -0.2) is 27.9 Å². The van der Waals surface area contributed by atoms with Crippen LogP contribution < -0.4 is 4.72 Å². The fourth-order valence-electron chi connectivity index (χ4n) is 2.01. The molecule has 0 saturated carbocycles. The van der Waals surface area contributed by atoms with Crippen molar-refractivity contribution >= 4 is 15.8 Å². The largest absolute Gasteiger partial charge is 0.288 e. The molecule has 3 rings (SSSR count). The number of imidazole rings is 1. The van der Waals surface area contributed by atoms with Gasteiger partial charge in [-0.3, -0.25) is 9.29 Å². The van der Waals surface area contributed by atoms with Crippen LogP contribution in [-0.2, 0) is 10.0 Å². The Hall–Kier alpha value is -2.81. The average Bonchev–Trinajstić information content (AvgIpc) is 2.93. The molecule has 0 saturated heterocycles. The molecule has 0 amide bonds. The summed E-state index contributed by atoms with van der Waals surface area (Å²) in [7, 11) is -4.08. The van der Waals surface area contributed by atoms with Crippen LogP contribution in [0.25, 0.3) is 5.82 Å². The van der Waals surface area contributed by atoms with Gasteiger partial charge in [-0.1, -0.05) is 12.1 Å². The lowest BCUT2D eigenvalue weighted by atomic mass is 10.4. The van der Waals surface area contributed by atoms with Crippen LogP contribution in [0.1, 0.15) is 5.82 Å². The van der Waals surface area contributed by atoms with Gasteiger partial charge in [0.15, 0.2) is 0 Å². The van der Waals surface area contributed by atoms with Gasteiger partial charge in [0.25, 0.3) is 10.0 Å². The van der Waals surface area contributed by atoms with Crippen molar-refractivity contribution in [3.8, 4) is 5.82 Å². The number of nitrogens with one attached hydrogen (secondary N) is 1. The second kappa shape index (κ2) is 5.76. The average molecular weight is 333 g/mol. The molecule has 0 atom stereocenters. The molecule has 0 bridgehead atoms. The molecule has 118 valence electrons. The highest BCUT2D eigenvalue weighted by molar-refractivity contribution is 7.92. The summed E-state index contributed by atoms with van der Waals surface area (Å²) in [6, 6.07) is 6.55. The van der Waals surface area contributed by atoms with Gasteiger partial charge in [-0.05, 0) is 19.1 Å². The molecule has 23 heavy (non-hydrogen) atoms. The Kier molecular flexibility index (Phi) is 3.78. The van der Waals surface area contributed by atoms with E-state index < -0.39 is 20.7 Å². The first kappa shape index (κ1) is 15.1. The van der Waals surface area contributed by atoms with Crippen molar-refractivity contribution in [2.45, 2.75) is 11.8 Å². The van der Waals surface area contributed by atoms with Crippen LogP contribution in [0.5, 0.6) is 0 Å². The van der Waals surface area contributed by atoms with Gasteiger partial charge in [0.05, 0.1) is 0 Å². The van der Waals surface area contributed by atoms with Crippen molar-refractivity contribution in [2.24, 2.45) is 0 Å². The molecule has 1 aromatic carbocycles. The van der Waals surface area contributed by atoms with Crippen molar-refractivity contribution in [3.63, 3.8) is 0 Å². The minimum absolute atomic E-state index is 0.0337. The van der Waals surface area contributed by atoms with E-state index in [1.54, 1.807) is 23.9 Å².